The number of phenolic OH excluding ortho intramolecular Hbond substituents is 1. The Kier molecular flexibility index (Phi) is 4.69. The molecule has 2 heterocycles. The van der Waals surface area contributed by atoms with Crippen molar-refractivity contribution in [3.05, 3.63) is 57.8 Å². The lowest BCUT2D eigenvalue weighted by Crippen LogP contribution is -2.02. The Balaban J connectivity index is 1.96. The zero-order valence-corrected chi connectivity index (χ0v) is 17.3. The van der Waals surface area contributed by atoms with Crippen LogP contribution in [0, 0.1) is 11.7 Å². The number of phenols is 1. The van der Waals surface area contributed by atoms with E-state index in [4.69, 9.17) is 28.9 Å². The average Bonchev–Trinajstić information content (AvgIpc) is 3.04. The molecule has 7 heteroatoms. The number of hydrogen-bond donors (Lipinski definition) is 2. The van der Waals surface area contributed by atoms with Crippen molar-refractivity contribution in [3.8, 4) is 28.4 Å². The molecule has 0 unspecified atom stereocenters. The highest BCUT2D eigenvalue weighted by molar-refractivity contribution is 7.71. The minimum Gasteiger partial charge on any atom is -0.507 e. The van der Waals surface area contributed by atoms with Gasteiger partial charge in [0.2, 0.25) is 0 Å². The molecule has 0 fully saturated rings. The molecule has 142 valence electrons. The molecule has 0 amide bonds. The van der Waals surface area contributed by atoms with Crippen LogP contribution in [0.5, 0.6) is 5.75 Å². The van der Waals surface area contributed by atoms with Gasteiger partial charge in [0.05, 0.1) is 16.9 Å². The third kappa shape index (κ3) is 3.19. The fourth-order valence-electron chi connectivity index (χ4n) is 3.28. The normalized spacial score (nSPS) is 11.5. The van der Waals surface area contributed by atoms with E-state index in [1.807, 2.05) is 41.9 Å². The van der Waals surface area contributed by atoms with E-state index in [2.05, 4.69) is 23.8 Å². The van der Waals surface area contributed by atoms with Crippen molar-refractivity contribution >= 4 is 34.7 Å². The first-order chi connectivity index (χ1) is 13.3. The van der Waals surface area contributed by atoms with Gasteiger partial charge in [-0.2, -0.15) is 5.10 Å². The van der Waals surface area contributed by atoms with Crippen molar-refractivity contribution in [2.45, 2.75) is 26.8 Å². The van der Waals surface area contributed by atoms with Crippen LogP contribution in [0.15, 0.2) is 42.5 Å². The number of halogens is 1. The summed E-state index contributed by atoms with van der Waals surface area (Å²) in [7, 11) is 0. The van der Waals surface area contributed by atoms with Crippen LogP contribution in [0.25, 0.3) is 33.5 Å². The van der Waals surface area contributed by atoms with Crippen molar-refractivity contribution in [2.75, 3.05) is 0 Å². The van der Waals surface area contributed by atoms with E-state index in [-0.39, 0.29) is 11.8 Å². The van der Waals surface area contributed by atoms with Crippen LogP contribution >= 0.6 is 23.8 Å². The molecule has 2 aromatic carbocycles. The summed E-state index contributed by atoms with van der Waals surface area (Å²) < 4.78 is 2.30. The number of benzene rings is 2. The quantitative estimate of drug-likeness (QED) is 0.402. The molecule has 0 spiro atoms. The first-order valence-corrected chi connectivity index (χ1v) is 9.72. The molecule has 0 aliphatic carbocycles. The molecule has 2 aromatic heterocycles. The molecule has 0 bridgehead atoms. The number of hydrogen-bond acceptors (Lipinski definition) is 4. The largest absolute Gasteiger partial charge is 0.507 e. The van der Waals surface area contributed by atoms with E-state index in [9.17, 15) is 5.11 Å². The smallest absolute Gasteiger partial charge is 0.197 e. The number of rotatable bonds is 3. The fourth-order valence-corrected chi connectivity index (χ4v) is 3.65. The Bertz CT molecular complexity index is 1260. The van der Waals surface area contributed by atoms with Crippen LogP contribution in [-0.2, 0) is 0 Å². The highest BCUT2D eigenvalue weighted by Gasteiger charge is 2.17. The third-order valence-corrected chi connectivity index (χ3v) is 5.26. The van der Waals surface area contributed by atoms with Crippen molar-refractivity contribution in [2.24, 2.45) is 0 Å². The number of H-pyrrole nitrogens is 1. The second-order valence-corrected chi connectivity index (χ2v) is 7.80. The molecular formula is C21H19ClN4OS. The maximum absolute atomic E-state index is 10.4. The summed E-state index contributed by atoms with van der Waals surface area (Å²) >= 11 is 11.6. The average molecular weight is 411 g/mol. The minimum atomic E-state index is 0.110. The van der Waals surface area contributed by atoms with Gasteiger partial charge in [-0.25, -0.2) is 4.98 Å². The third-order valence-electron chi connectivity index (χ3n) is 4.66. The number of para-hydroxylation sites is 1. The summed E-state index contributed by atoms with van der Waals surface area (Å²) in [5, 5.41) is 16.8. The molecule has 28 heavy (non-hydrogen) atoms. The van der Waals surface area contributed by atoms with Crippen molar-refractivity contribution in [1.29, 1.82) is 0 Å². The molecular weight excluding hydrogens is 392 g/mol. The van der Waals surface area contributed by atoms with E-state index < -0.39 is 0 Å². The van der Waals surface area contributed by atoms with Crippen LogP contribution < -0.4 is 0 Å². The molecule has 0 aliphatic heterocycles. The van der Waals surface area contributed by atoms with Gasteiger partial charge in [-0.3, -0.25) is 4.68 Å². The highest BCUT2D eigenvalue weighted by Crippen LogP contribution is 2.35. The Labute approximate surface area is 172 Å². The van der Waals surface area contributed by atoms with Gasteiger partial charge >= 0.3 is 0 Å². The van der Waals surface area contributed by atoms with Crippen molar-refractivity contribution < 1.29 is 5.11 Å². The van der Waals surface area contributed by atoms with E-state index in [1.165, 1.54) is 0 Å². The second kappa shape index (κ2) is 7.04. The van der Waals surface area contributed by atoms with Crippen LogP contribution in [0.1, 0.15) is 25.5 Å². The van der Waals surface area contributed by atoms with E-state index in [0.29, 0.717) is 21.1 Å². The summed E-state index contributed by atoms with van der Waals surface area (Å²) in [6, 6.07) is 13.5. The summed E-state index contributed by atoms with van der Waals surface area (Å²) in [6.45, 7) is 6.03. The highest BCUT2D eigenvalue weighted by atomic mass is 35.5. The van der Waals surface area contributed by atoms with Gasteiger partial charge in [-0.05, 0) is 62.8 Å². The Morgan fingerprint density at radius 3 is 2.68 bits per heavy atom. The fraction of sp³-hybridized carbons (Fsp3) is 0.190. The van der Waals surface area contributed by atoms with Gasteiger partial charge in [0.1, 0.15) is 11.4 Å². The lowest BCUT2D eigenvalue weighted by molar-refractivity contribution is 0.476. The van der Waals surface area contributed by atoms with Gasteiger partial charge in [0, 0.05) is 22.0 Å². The lowest BCUT2D eigenvalue weighted by atomic mass is 10.1. The zero-order chi connectivity index (χ0) is 20.0. The van der Waals surface area contributed by atoms with Crippen molar-refractivity contribution in [1.82, 2.24) is 19.7 Å². The van der Waals surface area contributed by atoms with Gasteiger partial charge in [0.25, 0.3) is 0 Å². The predicted octanol–water partition coefficient (Wildman–Crippen LogP) is 6.07. The molecule has 5 nitrogen and oxygen atoms in total. The molecule has 4 rings (SSSR count). The van der Waals surface area contributed by atoms with Crippen molar-refractivity contribution in [3.63, 3.8) is 0 Å². The molecule has 0 radical (unpaired) electrons. The maximum atomic E-state index is 10.4. The number of aromatic hydroxyl groups is 1. The minimum absolute atomic E-state index is 0.110. The number of fused-ring (bicyclic) bond motifs is 1. The monoisotopic (exact) mass is 410 g/mol. The first-order valence-electron chi connectivity index (χ1n) is 8.93. The van der Waals surface area contributed by atoms with E-state index in [0.717, 1.165) is 27.9 Å². The summed E-state index contributed by atoms with van der Waals surface area (Å²) in [5.74, 6) is 0.110. The molecule has 0 saturated heterocycles. The standard InChI is InChI=1S/C21H19ClN4OS/c1-11(2)26-18-7-5-4-6-13(18)20(25-26)17-10-16(23-21(28)24-17)14-9-15(22)12(3)8-19(14)27/h4-11,27H,1-3H3,(H,23,24,28). The number of aryl methyl sites for hydroxylation is 1. The number of aromatic nitrogens is 4. The Hall–Kier alpha value is -2.70. The Morgan fingerprint density at radius 1 is 1.18 bits per heavy atom. The summed E-state index contributed by atoms with van der Waals surface area (Å²) in [5.41, 5.74) is 4.45. The van der Waals surface area contributed by atoms with Crippen LogP contribution in [-0.4, -0.2) is 24.9 Å². The molecule has 0 atom stereocenters. The Morgan fingerprint density at radius 2 is 1.93 bits per heavy atom. The van der Waals surface area contributed by atoms with E-state index >= 15 is 0 Å². The van der Waals surface area contributed by atoms with Gasteiger partial charge in [-0.1, -0.05) is 29.8 Å². The van der Waals surface area contributed by atoms with Gasteiger partial charge in [-0.15, -0.1) is 0 Å². The zero-order valence-electron chi connectivity index (χ0n) is 15.7. The lowest BCUT2D eigenvalue weighted by Gasteiger charge is -2.09. The predicted molar refractivity (Wildman–Crippen MR) is 115 cm³/mol. The SMILES string of the molecule is Cc1cc(O)c(-c2cc(-c3nn(C(C)C)c4ccccc34)[nH]c(=S)n2)cc1Cl. The number of nitrogens with zero attached hydrogens (tertiary/aromatic N) is 3. The molecule has 0 saturated carbocycles. The van der Waals surface area contributed by atoms with Crippen LogP contribution in [0.2, 0.25) is 5.02 Å². The van der Waals surface area contributed by atoms with Gasteiger partial charge < -0.3 is 10.1 Å². The molecule has 2 N–H and O–H groups in total. The number of nitrogens with one attached hydrogen (secondary N) is 1. The first kappa shape index (κ1) is 18.7. The van der Waals surface area contributed by atoms with E-state index in [1.54, 1.807) is 12.1 Å². The molecule has 0 aliphatic rings. The summed E-state index contributed by atoms with van der Waals surface area (Å²) in [6.07, 6.45) is 0. The van der Waals surface area contributed by atoms with Crippen LogP contribution in [0.4, 0.5) is 0 Å². The topological polar surface area (TPSA) is 66.7 Å². The molecule has 4 aromatic rings. The van der Waals surface area contributed by atoms with Crippen LogP contribution in [0.3, 0.4) is 0 Å². The number of aromatic amines is 1. The summed E-state index contributed by atoms with van der Waals surface area (Å²) in [4.78, 5) is 7.53. The van der Waals surface area contributed by atoms with Gasteiger partial charge in [0.15, 0.2) is 4.77 Å². The second-order valence-electron chi connectivity index (χ2n) is 7.01. The maximum Gasteiger partial charge on any atom is 0.197 e.